The van der Waals surface area contributed by atoms with Crippen molar-refractivity contribution in [2.24, 2.45) is 0 Å². The van der Waals surface area contributed by atoms with Crippen LogP contribution in [0.15, 0.2) is 54.3 Å². The molecule has 24 heavy (non-hydrogen) atoms. The Hall–Kier alpha value is -0.690. The van der Waals surface area contributed by atoms with Gasteiger partial charge in [0.25, 0.3) is 0 Å². The SMILES string of the molecule is Cc1c(Br)cc(/C=C/C(=O)/C=C/c2cc(Br)c(O)c(Br)c2)cc1Br. The molecule has 0 aromatic heterocycles. The summed E-state index contributed by atoms with van der Waals surface area (Å²) in [6.45, 7) is 2.00. The fourth-order valence-electron chi connectivity index (χ4n) is 1.85. The Labute approximate surface area is 174 Å². The summed E-state index contributed by atoms with van der Waals surface area (Å²) in [5.41, 5.74) is 2.84. The lowest BCUT2D eigenvalue weighted by Gasteiger charge is -2.03. The maximum Gasteiger partial charge on any atom is 0.178 e. The van der Waals surface area contributed by atoms with Crippen molar-refractivity contribution in [3.63, 3.8) is 0 Å². The molecular formula is C18H12Br4O2. The van der Waals surface area contributed by atoms with Crippen LogP contribution in [-0.4, -0.2) is 10.9 Å². The quantitative estimate of drug-likeness (QED) is 0.394. The fourth-order valence-corrected chi connectivity index (χ4v) is 4.30. The third-order valence-electron chi connectivity index (χ3n) is 3.22. The van der Waals surface area contributed by atoms with Crippen molar-refractivity contribution in [3.05, 3.63) is 71.0 Å². The van der Waals surface area contributed by atoms with Crippen molar-refractivity contribution >= 4 is 81.7 Å². The van der Waals surface area contributed by atoms with Gasteiger partial charge < -0.3 is 5.11 Å². The molecule has 0 bridgehead atoms. The number of halogens is 4. The second-order valence-electron chi connectivity index (χ2n) is 5.01. The minimum atomic E-state index is -0.122. The third-order valence-corrected chi connectivity index (χ3v) is 6.08. The molecule has 0 aliphatic carbocycles. The number of benzene rings is 2. The Bertz CT molecular complexity index is 739. The first-order chi connectivity index (χ1) is 11.3. The average molecular weight is 580 g/mol. The van der Waals surface area contributed by atoms with Gasteiger partial charge in [0.15, 0.2) is 5.78 Å². The monoisotopic (exact) mass is 576 g/mol. The molecule has 2 rings (SSSR count). The van der Waals surface area contributed by atoms with Crippen molar-refractivity contribution in [2.75, 3.05) is 0 Å². The lowest BCUT2D eigenvalue weighted by atomic mass is 10.1. The molecule has 6 heteroatoms. The number of phenols is 1. The summed E-state index contributed by atoms with van der Waals surface area (Å²) in [5, 5.41) is 9.68. The highest BCUT2D eigenvalue weighted by molar-refractivity contribution is 9.11. The first kappa shape index (κ1) is 19.6. The second kappa shape index (κ2) is 8.61. The Balaban J connectivity index is 2.13. The van der Waals surface area contributed by atoms with Gasteiger partial charge in [-0.15, -0.1) is 0 Å². The first-order valence-electron chi connectivity index (χ1n) is 6.81. The van der Waals surface area contributed by atoms with Crippen molar-refractivity contribution in [3.8, 4) is 5.75 Å². The van der Waals surface area contributed by atoms with Crippen LogP contribution in [0.4, 0.5) is 0 Å². The highest BCUT2D eigenvalue weighted by atomic mass is 79.9. The maximum atomic E-state index is 12.0. The van der Waals surface area contributed by atoms with Gasteiger partial charge in [-0.05, 0) is 91.9 Å². The Kier molecular flexibility index (Phi) is 7.04. The normalized spacial score (nSPS) is 11.5. The highest BCUT2D eigenvalue weighted by Crippen LogP contribution is 2.33. The summed E-state index contributed by atoms with van der Waals surface area (Å²) in [7, 11) is 0. The summed E-state index contributed by atoms with van der Waals surface area (Å²) in [6.07, 6.45) is 6.47. The minimum absolute atomic E-state index is 0.122. The zero-order valence-electron chi connectivity index (χ0n) is 12.5. The first-order valence-corrected chi connectivity index (χ1v) is 9.99. The van der Waals surface area contributed by atoms with E-state index in [1.165, 1.54) is 12.2 Å². The number of aromatic hydroxyl groups is 1. The summed E-state index contributed by atoms with van der Waals surface area (Å²) in [4.78, 5) is 12.0. The second-order valence-corrected chi connectivity index (χ2v) is 8.43. The molecule has 0 spiro atoms. The van der Waals surface area contributed by atoms with Gasteiger partial charge in [0.05, 0.1) is 8.95 Å². The molecule has 0 radical (unpaired) electrons. The van der Waals surface area contributed by atoms with Crippen LogP contribution in [0.3, 0.4) is 0 Å². The van der Waals surface area contributed by atoms with Gasteiger partial charge in [-0.2, -0.15) is 0 Å². The highest BCUT2D eigenvalue weighted by Gasteiger charge is 2.04. The van der Waals surface area contributed by atoms with Crippen LogP contribution in [-0.2, 0) is 4.79 Å². The molecule has 0 fully saturated rings. The predicted molar refractivity (Wildman–Crippen MR) is 113 cm³/mol. The molecule has 0 aliphatic rings. The van der Waals surface area contributed by atoms with E-state index in [9.17, 15) is 9.90 Å². The Morgan fingerprint density at radius 2 is 1.21 bits per heavy atom. The molecule has 0 heterocycles. The van der Waals surface area contributed by atoms with E-state index in [2.05, 4.69) is 63.7 Å². The summed E-state index contributed by atoms with van der Waals surface area (Å²) < 4.78 is 3.10. The number of hydrogen-bond acceptors (Lipinski definition) is 2. The Morgan fingerprint density at radius 3 is 1.62 bits per heavy atom. The maximum absolute atomic E-state index is 12.0. The number of hydrogen-bond donors (Lipinski definition) is 1. The van der Waals surface area contributed by atoms with Gasteiger partial charge in [0.2, 0.25) is 0 Å². The predicted octanol–water partition coefficient (Wildman–Crippen LogP) is 7.05. The van der Waals surface area contributed by atoms with Gasteiger partial charge in [-0.1, -0.05) is 44.0 Å². The van der Waals surface area contributed by atoms with Crippen LogP contribution in [0.25, 0.3) is 12.2 Å². The van der Waals surface area contributed by atoms with E-state index in [0.717, 1.165) is 25.6 Å². The van der Waals surface area contributed by atoms with E-state index in [4.69, 9.17) is 0 Å². The third kappa shape index (κ3) is 5.15. The van der Waals surface area contributed by atoms with Gasteiger partial charge in [-0.25, -0.2) is 0 Å². The summed E-state index contributed by atoms with van der Waals surface area (Å²) in [5.74, 6) is 0.0111. The number of phenolic OH excluding ortho intramolecular Hbond substituents is 1. The average Bonchev–Trinajstić information content (AvgIpc) is 2.53. The van der Waals surface area contributed by atoms with Gasteiger partial charge in [0.1, 0.15) is 5.75 Å². The fraction of sp³-hybridized carbons (Fsp3) is 0.0556. The van der Waals surface area contributed by atoms with Crippen LogP contribution in [0, 0.1) is 6.92 Å². The smallest absolute Gasteiger partial charge is 0.178 e. The van der Waals surface area contributed by atoms with Crippen LogP contribution in [0.1, 0.15) is 16.7 Å². The number of ketones is 1. The zero-order valence-corrected chi connectivity index (χ0v) is 18.8. The van der Waals surface area contributed by atoms with E-state index < -0.39 is 0 Å². The molecule has 2 nitrogen and oxygen atoms in total. The summed E-state index contributed by atoms with van der Waals surface area (Å²) >= 11 is 13.5. The topological polar surface area (TPSA) is 37.3 Å². The van der Waals surface area contributed by atoms with E-state index in [0.29, 0.717) is 8.95 Å². The molecule has 0 atom stereocenters. The van der Waals surface area contributed by atoms with E-state index in [1.807, 2.05) is 19.1 Å². The molecule has 124 valence electrons. The van der Waals surface area contributed by atoms with Crippen molar-refractivity contribution < 1.29 is 9.90 Å². The molecule has 2 aromatic carbocycles. The number of allylic oxidation sites excluding steroid dienone is 2. The minimum Gasteiger partial charge on any atom is -0.506 e. The van der Waals surface area contributed by atoms with Crippen molar-refractivity contribution in [1.82, 2.24) is 0 Å². The molecule has 1 N–H and O–H groups in total. The molecule has 0 saturated heterocycles. The zero-order chi connectivity index (χ0) is 17.9. The van der Waals surface area contributed by atoms with Crippen LogP contribution in [0.5, 0.6) is 5.75 Å². The van der Waals surface area contributed by atoms with Gasteiger partial charge in [0, 0.05) is 8.95 Å². The number of rotatable bonds is 4. The molecular weight excluding hydrogens is 568 g/mol. The lowest BCUT2D eigenvalue weighted by molar-refractivity contribution is -0.110. The van der Waals surface area contributed by atoms with Gasteiger partial charge in [-0.3, -0.25) is 4.79 Å². The van der Waals surface area contributed by atoms with Crippen LogP contribution in [0.2, 0.25) is 0 Å². The summed E-state index contributed by atoms with van der Waals surface area (Å²) in [6, 6.07) is 7.40. The lowest BCUT2D eigenvalue weighted by Crippen LogP contribution is -1.86. The van der Waals surface area contributed by atoms with Gasteiger partial charge >= 0.3 is 0 Å². The number of carbonyl (C=O) groups is 1. The van der Waals surface area contributed by atoms with Crippen molar-refractivity contribution in [2.45, 2.75) is 6.92 Å². The molecule has 2 aromatic rings. The van der Waals surface area contributed by atoms with E-state index in [-0.39, 0.29) is 11.5 Å². The van der Waals surface area contributed by atoms with E-state index in [1.54, 1.807) is 24.3 Å². The molecule has 0 unspecified atom stereocenters. The van der Waals surface area contributed by atoms with E-state index >= 15 is 0 Å². The molecule has 0 saturated carbocycles. The van der Waals surface area contributed by atoms with Crippen LogP contribution >= 0.6 is 63.7 Å². The molecule has 0 aliphatic heterocycles. The van der Waals surface area contributed by atoms with Crippen molar-refractivity contribution in [1.29, 1.82) is 0 Å². The molecule has 0 amide bonds. The largest absolute Gasteiger partial charge is 0.506 e. The Morgan fingerprint density at radius 1 is 0.833 bits per heavy atom. The van der Waals surface area contributed by atoms with Crippen LogP contribution < -0.4 is 0 Å². The number of carbonyl (C=O) groups excluding carboxylic acids is 1. The standard InChI is InChI=1S/C18H12Br4O2/c1-10-14(19)6-11(7-15(10)20)2-4-13(23)5-3-12-8-16(21)18(24)17(22)9-12/h2-9,24H,1H3/b4-2+,5-3+.